The fourth-order valence-electron chi connectivity index (χ4n) is 3.45. The summed E-state index contributed by atoms with van der Waals surface area (Å²) in [5.41, 5.74) is 4.37. The van der Waals surface area contributed by atoms with Gasteiger partial charge < -0.3 is 23.3 Å². The average molecular weight is 440 g/mol. The Morgan fingerprint density at radius 1 is 1.09 bits per heavy atom. The van der Waals surface area contributed by atoms with Crippen LogP contribution in [0.3, 0.4) is 0 Å². The van der Waals surface area contributed by atoms with E-state index in [1.165, 1.54) is 0 Å². The summed E-state index contributed by atoms with van der Waals surface area (Å²) in [5, 5.41) is 3.90. The fourth-order valence-corrected chi connectivity index (χ4v) is 3.45. The lowest BCUT2D eigenvalue weighted by Gasteiger charge is -2.09. The number of methoxy groups -OCH3 is 1. The first-order valence-corrected chi connectivity index (χ1v) is 10.3. The van der Waals surface area contributed by atoms with Crippen molar-refractivity contribution in [3.63, 3.8) is 0 Å². The summed E-state index contributed by atoms with van der Waals surface area (Å²) >= 11 is 0. The topological polar surface area (TPSA) is 92.8 Å². The Kier molecular flexibility index (Phi) is 7.48. The minimum atomic E-state index is -0.566. The normalized spacial score (nSPS) is 10.9. The smallest absolute Gasteiger partial charge is 0.338 e. The molecule has 3 aromatic rings. The van der Waals surface area contributed by atoms with Crippen LogP contribution in [0.25, 0.3) is 0 Å². The molecule has 0 amide bonds. The molecule has 8 nitrogen and oxygen atoms in total. The third-order valence-corrected chi connectivity index (χ3v) is 5.38. The standard InChI is InChI=1S/C24H28N2O6/c1-15-12-21(17(3)26(15)10-11-29-5)23(27)14-31-24(28)19-6-8-20(9-7-19)30-13-22-16(2)25-32-18(22)4/h6-9,12H,10-11,13-14H2,1-5H3. The second-order valence-corrected chi connectivity index (χ2v) is 7.54. The van der Waals surface area contributed by atoms with Crippen molar-refractivity contribution in [1.29, 1.82) is 0 Å². The lowest BCUT2D eigenvalue weighted by molar-refractivity contribution is 0.0474. The van der Waals surface area contributed by atoms with E-state index < -0.39 is 5.97 Å². The van der Waals surface area contributed by atoms with Gasteiger partial charge in [0.2, 0.25) is 5.78 Å². The molecule has 0 saturated carbocycles. The quantitative estimate of drug-likeness (QED) is 0.348. The molecule has 2 heterocycles. The molecular formula is C24H28N2O6. The number of carbonyl (C=O) groups excluding carboxylic acids is 2. The zero-order valence-electron chi connectivity index (χ0n) is 19.1. The first-order valence-electron chi connectivity index (χ1n) is 10.3. The maximum atomic E-state index is 12.6. The van der Waals surface area contributed by atoms with E-state index in [4.69, 9.17) is 18.7 Å². The zero-order chi connectivity index (χ0) is 23.3. The van der Waals surface area contributed by atoms with E-state index >= 15 is 0 Å². The van der Waals surface area contributed by atoms with Crippen LogP contribution in [0.2, 0.25) is 0 Å². The number of ether oxygens (including phenoxy) is 3. The predicted octanol–water partition coefficient (Wildman–Crippen LogP) is 3.97. The Hall–Kier alpha value is -3.39. The number of rotatable bonds is 10. The van der Waals surface area contributed by atoms with E-state index in [0.717, 1.165) is 22.6 Å². The summed E-state index contributed by atoms with van der Waals surface area (Å²) in [4.78, 5) is 25.0. The maximum Gasteiger partial charge on any atom is 0.338 e. The summed E-state index contributed by atoms with van der Waals surface area (Å²) in [6, 6.07) is 8.38. The summed E-state index contributed by atoms with van der Waals surface area (Å²) in [7, 11) is 1.64. The van der Waals surface area contributed by atoms with Gasteiger partial charge in [0.15, 0.2) is 6.61 Å². The van der Waals surface area contributed by atoms with Gasteiger partial charge in [-0.25, -0.2) is 4.79 Å². The molecule has 0 radical (unpaired) electrons. The highest BCUT2D eigenvalue weighted by atomic mass is 16.5. The lowest BCUT2D eigenvalue weighted by Crippen LogP contribution is -2.15. The third kappa shape index (κ3) is 5.26. The van der Waals surface area contributed by atoms with Crippen molar-refractivity contribution in [2.24, 2.45) is 0 Å². The molecule has 0 unspecified atom stereocenters. The molecule has 0 aliphatic heterocycles. The lowest BCUT2D eigenvalue weighted by atomic mass is 10.1. The number of hydrogen-bond acceptors (Lipinski definition) is 7. The van der Waals surface area contributed by atoms with Crippen LogP contribution in [0.5, 0.6) is 5.75 Å². The number of ketones is 1. The molecule has 0 fully saturated rings. The zero-order valence-corrected chi connectivity index (χ0v) is 19.1. The van der Waals surface area contributed by atoms with Crippen molar-refractivity contribution in [2.45, 2.75) is 40.8 Å². The van der Waals surface area contributed by atoms with E-state index in [1.54, 1.807) is 31.4 Å². The summed E-state index contributed by atoms with van der Waals surface area (Å²) in [6.45, 7) is 8.70. The molecule has 0 atom stereocenters. The molecule has 3 rings (SSSR count). The van der Waals surface area contributed by atoms with Crippen LogP contribution in [0.15, 0.2) is 34.9 Å². The number of aromatic nitrogens is 2. The minimum Gasteiger partial charge on any atom is -0.489 e. The summed E-state index contributed by atoms with van der Waals surface area (Å²) in [5.74, 6) is 0.506. The molecule has 0 N–H and O–H groups in total. The fraction of sp³-hybridized carbons (Fsp3) is 0.375. The van der Waals surface area contributed by atoms with E-state index in [9.17, 15) is 9.59 Å². The molecule has 0 aliphatic rings. The minimum absolute atomic E-state index is 0.241. The number of hydrogen-bond donors (Lipinski definition) is 0. The Balaban J connectivity index is 1.55. The number of nitrogens with zero attached hydrogens (tertiary/aromatic N) is 2. The highest BCUT2D eigenvalue weighted by Gasteiger charge is 2.18. The molecular weight excluding hydrogens is 412 g/mol. The highest BCUT2D eigenvalue weighted by Crippen LogP contribution is 2.19. The van der Waals surface area contributed by atoms with Gasteiger partial charge in [-0.3, -0.25) is 4.79 Å². The van der Waals surface area contributed by atoms with Crippen LogP contribution in [0, 0.1) is 27.7 Å². The van der Waals surface area contributed by atoms with Crippen LogP contribution in [-0.2, 0) is 22.6 Å². The van der Waals surface area contributed by atoms with Crippen LogP contribution in [0.1, 0.15) is 49.1 Å². The van der Waals surface area contributed by atoms with Crippen molar-refractivity contribution >= 4 is 11.8 Å². The Labute approximate surface area is 187 Å². The maximum absolute atomic E-state index is 12.6. The number of benzene rings is 1. The van der Waals surface area contributed by atoms with Crippen molar-refractivity contribution in [1.82, 2.24) is 9.72 Å². The van der Waals surface area contributed by atoms with Gasteiger partial charge in [0, 0.05) is 30.6 Å². The number of Topliss-reactive ketones (excluding diaryl/α,β-unsaturated/α-hetero) is 1. The molecule has 2 aromatic heterocycles. The second kappa shape index (κ2) is 10.3. The highest BCUT2D eigenvalue weighted by molar-refractivity contribution is 6.00. The molecule has 1 aromatic carbocycles. The second-order valence-electron chi connectivity index (χ2n) is 7.54. The SMILES string of the molecule is COCCn1c(C)cc(C(=O)COC(=O)c2ccc(OCc3c(C)noc3C)cc2)c1C. The van der Waals surface area contributed by atoms with E-state index in [0.29, 0.717) is 42.4 Å². The van der Waals surface area contributed by atoms with Crippen LogP contribution in [-0.4, -0.2) is 41.8 Å². The first-order chi connectivity index (χ1) is 15.3. The molecule has 0 saturated heterocycles. The Bertz CT molecular complexity index is 1080. The van der Waals surface area contributed by atoms with Crippen molar-refractivity contribution < 1.29 is 28.3 Å². The number of esters is 1. The Morgan fingerprint density at radius 2 is 1.81 bits per heavy atom. The van der Waals surface area contributed by atoms with Crippen molar-refractivity contribution in [3.8, 4) is 5.75 Å². The third-order valence-electron chi connectivity index (χ3n) is 5.38. The number of carbonyl (C=O) groups is 2. The van der Waals surface area contributed by atoms with E-state index in [2.05, 4.69) is 5.16 Å². The van der Waals surface area contributed by atoms with Gasteiger partial charge in [0.25, 0.3) is 0 Å². The number of aryl methyl sites for hydroxylation is 3. The molecule has 0 spiro atoms. The summed E-state index contributed by atoms with van der Waals surface area (Å²) in [6.07, 6.45) is 0. The van der Waals surface area contributed by atoms with Crippen molar-refractivity contribution in [3.05, 3.63) is 69.9 Å². The van der Waals surface area contributed by atoms with Gasteiger partial charge >= 0.3 is 5.97 Å². The van der Waals surface area contributed by atoms with Gasteiger partial charge in [-0.15, -0.1) is 0 Å². The van der Waals surface area contributed by atoms with Crippen LogP contribution >= 0.6 is 0 Å². The summed E-state index contributed by atoms with van der Waals surface area (Å²) < 4.78 is 23.2. The average Bonchev–Trinajstić information content (AvgIpc) is 3.26. The monoisotopic (exact) mass is 440 g/mol. The van der Waals surface area contributed by atoms with Gasteiger partial charge in [0.1, 0.15) is 18.1 Å². The van der Waals surface area contributed by atoms with Gasteiger partial charge in [-0.05, 0) is 58.0 Å². The van der Waals surface area contributed by atoms with Crippen molar-refractivity contribution in [2.75, 3.05) is 20.3 Å². The van der Waals surface area contributed by atoms with Gasteiger partial charge in [-0.2, -0.15) is 0 Å². The van der Waals surface area contributed by atoms with E-state index in [1.807, 2.05) is 38.3 Å². The van der Waals surface area contributed by atoms with E-state index in [-0.39, 0.29) is 12.4 Å². The Morgan fingerprint density at radius 3 is 2.44 bits per heavy atom. The molecule has 8 heteroatoms. The first kappa shape index (κ1) is 23.3. The molecule has 170 valence electrons. The predicted molar refractivity (Wildman–Crippen MR) is 117 cm³/mol. The molecule has 0 bridgehead atoms. The molecule has 32 heavy (non-hydrogen) atoms. The largest absolute Gasteiger partial charge is 0.489 e. The van der Waals surface area contributed by atoms with Crippen LogP contribution in [0.4, 0.5) is 0 Å². The van der Waals surface area contributed by atoms with Gasteiger partial charge in [0.05, 0.1) is 23.4 Å². The van der Waals surface area contributed by atoms with Crippen LogP contribution < -0.4 is 4.74 Å². The molecule has 0 aliphatic carbocycles. The van der Waals surface area contributed by atoms with Gasteiger partial charge in [-0.1, -0.05) is 5.16 Å².